The van der Waals surface area contributed by atoms with E-state index in [2.05, 4.69) is 44.8 Å². The van der Waals surface area contributed by atoms with Crippen LogP contribution >= 0.6 is 23.2 Å². The molecule has 6 rings (SSSR count). The Labute approximate surface area is 308 Å². The van der Waals surface area contributed by atoms with Crippen LogP contribution in [0.3, 0.4) is 0 Å². The van der Waals surface area contributed by atoms with Crippen LogP contribution in [0, 0.1) is 5.92 Å². The van der Waals surface area contributed by atoms with Gasteiger partial charge in [0.15, 0.2) is 5.82 Å². The van der Waals surface area contributed by atoms with E-state index >= 15 is 0 Å². The number of ketones is 1. The lowest BCUT2D eigenvalue weighted by atomic mass is 9.90. The summed E-state index contributed by atoms with van der Waals surface area (Å²) >= 11 is 12.8. The van der Waals surface area contributed by atoms with Crippen molar-refractivity contribution >= 4 is 45.9 Å². The number of amides is 1. The quantitative estimate of drug-likeness (QED) is 0.0969. The summed E-state index contributed by atoms with van der Waals surface area (Å²) in [5.74, 6) is 0.869. The lowest BCUT2D eigenvalue weighted by Gasteiger charge is -2.33. The SMILES string of the molecule is COc1ccc(-c2cn[nH]n2)cc1C(=O)N(C)CC(CCN1CCC(C(=O)c2nc3ccccc3n2CC=C(C)C)CC1)c1ccc(Cl)c(Cl)c1. The number of aromatic nitrogens is 5. The first-order valence-electron chi connectivity index (χ1n) is 17.2. The molecule has 1 amide bonds. The Bertz CT molecular complexity index is 2030. The van der Waals surface area contributed by atoms with Gasteiger partial charge < -0.3 is 19.1 Å². The summed E-state index contributed by atoms with van der Waals surface area (Å²) in [7, 11) is 3.36. The van der Waals surface area contributed by atoms with Gasteiger partial charge in [-0.1, -0.05) is 53.1 Å². The van der Waals surface area contributed by atoms with E-state index in [1.54, 1.807) is 43.5 Å². The van der Waals surface area contributed by atoms with E-state index < -0.39 is 0 Å². The number of carbonyl (C=O) groups is 2. The maximum atomic E-state index is 13.9. The molecule has 5 aromatic rings. The number of fused-ring (bicyclic) bond motifs is 1. The molecule has 2 aromatic heterocycles. The fourth-order valence-electron chi connectivity index (χ4n) is 6.79. The summed E-state index contributed by atoms with van der Waals surface area (Å²) in [6, 6.07) is 19.0. The number of Topliss-reactive ketones (excluding diaryl/α,β-unsaturated/α-hetero) is 1. The summed E-state index contributed by atoms with van der Waals surface area (Å²) in [6.07, 6.45) is 6.06. The number of benzene rings is 3. The van der Waals surface area contributed by atoms with Crippen molar-refractivity contribution in [3.8, 4) is 17.0 Å². The molecule has 266 valence electrons. The molecule has 0 aliphatic carbocycles. The number of nitrogens with zero attached hydrogens (tertiary/aromatic N) is 6. The van der Waals surface area contributed by atoms with Crippen molar-refractivity contribution in [2.24, 2.45) is 5.92 Å². The van der Waals surface area contributed by atoms with Crippen molar-refractivity contribution < 1.29 is 14.3 Å². The number of allylic oxidation sites excluding steroid dienone is 2. The molecular formula is C39H43Cl2N7O3. The molecule has 0 spiro atoms. The number of likely N-dealkylation sites (N-methyl/N-ethyl adjacent to an activating group) is 1. The number of hydrogen-bond acceptors (Lipinski definition) is 7. The number of H-pyrrole nitrogens is 1. The van der Waals surface area contributed by atoms with Crippen molar-refractivity contribution in [2.75, 3.05) is 40.3 Å². The second-order valence-corrected chi connectivity index (χ2v) is 14.2. The number of rotatable bonds is 13. The smallest absolute Gasteiger partial charge is 0.257 e. The Morgan fingerprint density at radius 2 is 1.84 bits per heavy atom. The first kappa shape index (κ1) is 36.3. The lowest BCUT2D eigenvalue weighted by molar-refractivity contribution is 0.0776. The van der Waals surface area contributed by atoms with Gasteiger partial charge in [-0.05, 0) is 101 Å². The number of halogens is 2. The van der Waals surface area contributed by atoms with Crippen LogP contribution < -0.4 is 4.74 Å². The number of methoxy groups -OCH3 is 1. The summed E-state index contributed by atoms with van der Waals surface area (Å²) < 4.78 is 7.62. The average molecular weight is 729 g/mol. The summed E-state index contributed by atoms with van der Waals surface area (Å²) in [4.78, 5) is 36.7. The fourth-order valence-corrected chi connectivity index (χ4v) is 7.09. The van der Waals surface area contributed by atoms with Crippen LogP contribution in [0.5, 0.6) is 5.75 Å². The van der Waals surface area contributed by atoms with Crippen LogP contribution in [0.25, 0.3) is 22.3 Å². The van der Waals surface area contributed by atoms with Gasteiger partial charge >= 0.3 is 0 Å². The second kappa shape index (κ2) is 16.2. The van der Waals surface area contributed by atoms with Crippen molar-refractivity contribution in [2.45, 2.75) is 45.6 Å². The fraction of sp³-hybridized carbons (Fsp3) is 0.359. The molecule has 0 radical (unpaired) electrons. The van der Waals surface area contributed by atoms with E-state index in [0.29, 0.717) is 46.0 Å². The van der Waals surface area contributed by atoms with E-state index in [4.69, 9.17) is 32.9 Å². The molecule has 1 aliphatic rings. The monoisotopic (exact) mass is 727 g/mol. The van der Waals surface area contributed by atoms with E-state index in [-0.39, 0.29) is 23.5 Å². The van der Waals surface area contributed by atoms with E-state index in [9.17, 15) is 9.59 Å². The van der Waals surface area contributed by atoms with Gasteiger partial charge in [0, 0.05) is 37.5 Å². The normalized spacial score (nSPS) is 14.4. The Balaban J connectivity index is 1.14. The zero-order valence-electron chi connectivity index (χ0n) is 29.4. The minimum Gasteiger partial charge on any atom is -0.496 e. The Hall–Kier alpha value is -4.51. The third kappa shape index (κ3) is 8.35. The van der Waals surface area contributed by atoms with Crippen molar-refractivity contribution in [1.29, 1.82) is 0 Å². The van der Waals surface area contributed by atoms with Gasteiger partial charge in [-0.2, -0.15) is 15.4 Å². The number of piperidine rings is 1. The molecule has 3 aromatic carbocycles. The zero-order valence-corrected chi connectivity index (χ0v) is 30.9. The van der Waals surface area contributed by atoms with E-state index in [1.807, 2.05) is 42.5 Å². The maximum absolute atomic E-state index is 13.9. The maximum Gasteiger partial charge on any atom is 0.257 e. The number of imidazole rings is 1. The number of likely N-dealkylation sites (tertiary alicyclic amines) is 1. The van der Waals surface area contributed by atoms with Crippen LogP contribution in [-0.2, 0) is 6.54 Å². The van der Waals surface area contributed by atoms with Crippen molar-refractivity contribution in [1.82, 2.24) is 34.8 Å². The standard InChI is InChI=1S/C39H43Cl2N7O3/c1-25(2)13-20-48-35-8-6-5-7-33(35)43-38(48)37(49)26-14-17-47(18-15-26)19-16-29(27-9-11-31(40)32(41)22-27)24-46(3)39(50)30-21-28(10-12-36(30)51-4)34-23-42-45-44-34/h5-13,21-23,26,29H,14-20,24H2,1-4H3,(H,42,44,45). The molecule has 10 nitrogen and oxygen atoms in total. The van der Waals surface area contributed by atoms with Gasteiger partial charge in [0.25, 0.3) is 5.91 Å². The molecule has 1 fully saturated rings. The Morgan fingerprint density at radius 3 is 2.55 bits per heavy atom. The molecule has 0 saturated carbocycles. The molecule has 1 saturated heterocycles. The number of ether oxygens (including phenoxy) is 1. The number of aromatic amines is 1. The minimum absolute atomic E-state index is 0.0206. The van der Waals surface area contributed by atoms with Crippen LogP contribution in [0.4, 0.5) is 0 Å². The van der Waals surface area contributed by atoms with Gasteiger partial charge in [-0.15, -0.1) is 0 Å². The molecule has 1 aliphatic heterocycles. The Kier molecular flexibility index (Phi) is 11.5. The molecule has 1 atom stereocenters. The number of hydrogen-bond donors (Lipinski definition) is 1. The van der Waals surface area contributed by atoms with Gasteiger partial charge in [-0.3, -0.25) is 9.59 Å². The second-order valence-electron chi connectivity index (χ2n) is 13.4. The minimum atomic E-state index is -0.169. The van der Waals surface area contributed by atoms with Crippen LogP contribution in [0.15, 0.2) is 78.5 Å². The number of nitrogens with one attached hydrogen (secondary N) is 1. The molecule has 51 heavy (non-hydrogen) atoms. The molecule has 12 heteroatoms. The van der Waals surface area contributed by atoms with Crippen LogP contribution in [0.1, 0.15) is 65.6 Å². The summed E-state index contributed by atoms with van der Waals surface area (Å²) in [5.41, 5.74) is 5.87. The predicted octanol–water partition coefficient (Wildman–Crippen LogP) is 7.94. The number of carbonyl (C=O) groups excluding carboxylic acids is 2. The van der Waals surface area contributed by atoms with Crippen LogP contribution in [-0.4, -0.2) is 86.8 Å². The topological polar surface area (TPSA) is 109 Å². The highest BCUT2D eigenvalue weighted by molar-refractivity contribution is 6.42. The van der Waals surface area contributed by atoms with Gasteiger partial charge in [0.05, 0.1) is 39.9 Å². The highest BCUT2D eigenvalue weighted by Gasteiger charge is 2.30. The van der Waals surface area contributed by atoms with Gasteiger partial charge in [-0.25, -0.2) is 4.98 Å². The van der Waals surface area contributed by atoms with Crippen LogP contribution in [0.2, 0.25) is 10.0 Å². The average Bonchev–Trinajstić information content (AvgIpc) is 3.82. The highest BCUT2D eigenvalue weighted by atomic mass is 35.5. The van der Waals surface area contributed by atoms with Gasteiger partial charge in [0.2, 0.25) is 5.78 Å². The summed E-state index contributed by atoms with van der Waals surface area (Å²) in [6.45, 7) is 7.61. The summed E-state index contributed by atoms with van der Waals surface area (Å²) in [5, 5.41) is 11.6. The van der Waals surface area contributed by atoms with Crippen molar-refractivity contribution in [3.63, 3.8) is 0 Å². The predicted molar refractivity (Wildman–Crippen MR) is 202 cm³/mol. The van der Waals surface area contributed by atoms with Gasteiger partial charge in [0.1, 0.15) is 11.4 Å². The lowest BCUT2D eigenvalue weighted by Crippen LogP contribution is -2.38. The molecular weight excluding hydrogens is 685 g/mol. The number of para-hydroxylation sites is 2. The molecule has 1 unspecified atom stereocenters. The first-order chi connectivity index (χ1) is 24.6. The van der Waals surface area contributed by atoms with E-state index in [0.717, 1.165) is 61.1 Å². The largest absolute Gasteiger partial charge is 0.496 e. The molecule has 3 heterocycles. The molecule has 0 bridgehead atoms. The zero-order chi connectivity index (χ0) is 36.1. The van der Waals surface area contributed by atoms with Crippen molar-refractivity contribution in [3.05, 3.63) is 106 Å². The highest BCUT2D eigenvalue weighted by Crippen LogP contribution is 2.32. The third-order valence-corrected chi connectivity index (χ3v) is 10.4. The third-order valence-electron chi connectivity index (χ3n) is 9.71. The Morgan fingerprint density at radius 1 is 1.06 bits per heavy atom. The van der Waals surface area contributed by atoms with E-state index in [1.165, 1.54) is 5.57 Å². The molecule has 1 N–H and O–H groups in total. The first-order valence-corrected chi connectivity index (χ1v) is 18.0.